The number of hydrogen-bond donors (Lipinski definition) is 6. The molecular formula is C43H75O13P. The van der Waals surface area contributed by atoms with Crippen molar-refractivity contribution in [3.05, 3.63) is 48.6 Å². The van der Waals surface area contributed by atoms with Crippen LogP contribution >= 0.6 is 7.82 Å². The normalized spacial score (nSPS) is 23.2. The molecule has 1 rings (SSSR count). The quantitative estimate of drug-likeness (QED) is 0.0160. The molecule has 0 heterocycles. The lowest BCUT2D eigenvalue weighted by Crippen LogP contribution is -2.64. The van der Waals surface area contributed by atoms with Gasteiger partial charge in [-0.05, 0) is 32.1 Å². The van der Waals surface area contributed by atoms with Gasteiger partial charge in [0, 0.05) is 12.8 Å². The van der Waals surface area contributed by atoms with Gasteiger partial charge in [-0.15, -0.1) is 0 Å². The smallest absolute Gasteiger partial charge is 0.462 e. The Kier molecular flexibility index (Phi) is 31.2. The number of rotatable bonds is 34. The summed E-state index contributed by atoms with van der Waals surface area (Å²) in [6, 6.07) is 0. The van der Waals surface area contributed by atoms with E-state index in [0.29, 0.717) is 12.8 Å². The van der Waals surface area contributed by atoms with Crippen molar-refractivity contribution < 1.29 is 63.1 Å². The molecule has 0 aromatic carbocycles. The van der Waals surface area contributed by atoms with E-state index in [2.05, 4.69) is 26.0 Å². The summed E-state index contributed by atoms with van der Waals surface area (Å²) in [6.45, 7) is 3.12. The summed E-state index contributed by atoms with van der Waals surface area (Å²) in [5.74, 6) is -1.13. The number of allylic oxidation sites excluding steroid dienone is 8. The molecule has 14 heteroatoms. The van der Waals surface area contributed by atoms with Crippen molar-refractivity contribution >= 4 is 19.8 Å². The van der Waals surface area contributed by atoms with Crippen LogP contribution in [0.4, 0.5) is 0 Å². The zero-order chi connectivity index (χ0) is 42.2. The number of carbonyl (C=O) groups is 2. The summed E-state index contributed by atoms with van der Waals surface area (Å²) in [7, 11) is -5.12. The minimum absolute atomic E-state index is 0.0921. The fraction of sp³-hybridized carbons (Fsp3) is 0.767. The van der Waals surface area contributed by atoms with Crippen molar-refractivity contribution in [3.63, 3.8) is 0 Å². The average Bonchev–Trinajstić information content (AvgIpc) is 3.19. The Morgan fingerprint density at radius 1 is 0.561 bits per heavy atom. The first-order valence-electron chi connectivity index (χ1n) is 21.5. The fourth-order valence-corrected chi connectivity index (χ4v) is 7.27. The summed E-state index contributed by atoms with van der Waals surface area (Å²) >= 11 is 0. The van der Waals surface area contributed by atoms with E-state index in [0.717, 1.165) is 64.2 Å². The predicted octanol–water partition coefficient (Wildman–Crippen LogP) is 7.61. The van der Waals surface area contributed by atoms with E-state index in [1.54, 1.807) is 0 Å². The molecule has 0 amide bonds. The number of hydrogen-bond acceptors (Lipinski definition) is 12. The van der Waals surface area contributed by atoms with E-state index in [1.165, 1.54) is 51.4 Å². The summed E-state index contributed by atoms with van der Waals surface area (Å²) in [4.78, 5) is 35.6. The van der Waals surface area contributed by atoms with Crippen LogP contribution in [0.3, 0.4) is 0 Å². The van der Waals surface area contributed by atoms with Gasteiger partial charge in [0.05, 0.1) is 6.61 Å². The first kappa shape index (κ1) is 52.8. The molecule has 0 radical (unpaired) electrons. The highest BCUT2D eigenvalue weighted by molar-refractivity contribution is 7.47. The second-order valence-corrected chi connectivity index (χ2v) is 16.3. The van der Waals surface area contributed by atoms with Crippen LogP contribution in [-0.2, 0) is 32.7 Å². The van der Waals surface area contributed by atoms with Crippen LogP contribution in [0.25, 0.3) is 0 Å². The van der Waals surface area contributed by atoms with Gasteiger partial charge in [-0.2, -0.15) is 0 Å². The van der Waals surface area contributed by atoms with E-state index in [9.17, 15) is 44.6 Å². The molecule has 0 saturated heterocycles. The molecule has 0 aromatic heterocycles. The molecule has 57 heavy (non-hydrogen) atoms. The molecule has 6 unspecified atom stereocenters. The Hall–Kier alpha value is -2.19. The third-order valence-electron chi connectivity index (χ3n) is 9.78. The lowest BCUT2D eigenvalue weighted by molar-refractivity contribution is -0.220. The summed E-state index contributed by atoms with van der Waals surface area (Å²) < 4.78 is 33.4. The van der Waals surface area contributed by atoms with E-state index in [-0.39, 0.29) is 12.8 Å². The number of esters is 2. The van der Waals surface area contributed by atoms with Crippen LogP contribution in [-0.4, -0.2) is 98.3 Å². The molecule has 13 nitrogen and oxygen atoms in total. The van der Waals surface area contributed by atoms with Crippen LogP contribution in [0.15, 0.2) is 48.6 Å². The highest BCUT2D eigenvalue weighted by Gasteiger charge is 2.51. The molecule has 0 aromatic rings. The lowest BCUT2D eigenvalue weighted by Gasteiger charge is -2.41. The van der Waals surface area contributed by atoms with Gasteiger partial charge in [0.2, 0.25) is 0 Å². The third-order valence-corrected chi connectivity index (χ3v) is 10.8. The number of ether oxygens (including phenoxy) is 2. The maximum absolute atomic E-state index is 12.8. The molecule has 1 aliphatic carbocycles. The van der Waals surface area contributed by atoms with Crippen molar-refractivity contribution in [2.24, 2.45) is 0 Å². The van der Waals surface area contributed by atoms with Crippen LogP contribution in [0.1, 0.15) is 155 Å². The van der Waals surface area contributed by atoms with Gasteiger partial charge in [-0.1, -0.05) is 159 Å². The minimum atomic E-state index is -5.12. The monoisotopic (exact) mass is 830 g/mol. The summed E-state index contributed by atoms with van der Waals surface area (Å²) in [6.07, 6.45) is 24.6. The summed E-state index contributed by atoms with van der Waals surface area (Å²) in [5.41, 5.74) is 0. The van der Waals surface area contributed by atoms with Gasteiger partial charge in [0.25, 0.3) is 0 Å². The standard InChI is InChI=1S/C43H75O13P/c1-3-5-7-9-11-13-15-17-18-20-21-23-25-27-29-31-36(44)53-33-35(34-54-57(51,52)56-43-41(49)39(47)38(46)40(48)42(43)50)55-37(45)32-30-28-26-24-22-19-16-14-12-10-8-6-4-2/h5,7,9,11,13,15,17-18,35,38-43,46-50H,3-4,6,8,10,12,14,16,19-34H2,1-2H3,(H,51,52)/b7-5+,11-9+,15-13+,18-17+/t35-,38?,39-,40?,41?,42?,43?/m0/s1. The molecule has 6 N–H and O–H groups in total. The fourth-order valence-electron chi connectivity index (χ4n) is 6.30. The first-order chi connectivity index (χ1) is 27.4. The highest BCUT2D eigenvalue weighted by Crippen LogP contribution is 2.47. The molecule has 1 saturated carbocycles. The molecule has 0 spiro atoms. The topological polar surface area (TPSA) is 210 Å². The number of phosphoric ester groups is 1. The van der Waals surface area contributed by atoms with Crippen LogP contribution in [0.5, 0.6) is 0 Å². The number of phosphoric acid groups is 1. The van der Waals surface area contributed by atoms with E-state index < -0.39 is 75.7 Å². The Bertz CT molecular complexity index is 1190. The molecular weight excluding hydrogens is 755 g/mol. The Morgan fingerprint density at radius 2 is 1.00 bits per heavy atom. The Labute approximate surface area is 341 Å². The third kappa shape index (κ3) is 26.5. The van der Waals surface area contributed by atoms with Gasteiger partial charge in [-0.25, -0.2) is 4.57 Å². The van der Waals surface area contributed by atoms with Crippen molar-refractivity contribution in [1.29, 1.82) is 0 Å². The molecule has 0 aliphatic heterocycles. The van der Waals surface area contributed by atoms with Gasteiger partial charge < -0.3 is 39.9 Å². The van der Waals surface area contributed by atoms with Gasteiger partial charge >= 0.3 is 19.8 Å². The Balaban J connectivity index is 2.51. The lowest BCUT2D eigenvalue weighted by atomic mass is 9.85. The molecule has 1 aliphatic rings. The number of carbonyl (C=O) groups excluding carboxylic acids is 2. The van der Waals surface area contributed by atoms with Crippen molar-refractivity contribution in [2.45, 2.75) is 198 Å². The number of unbranched alkanes of at least 4 members (excludes halogenated alkanes) is 17. The van der Waals surface area contributed by atoms with E-state index in [4.69, 9.17) is 18.5 Å². The second kappa shape index (κ2) is 33.6. The average molecular weight is 831 g/mol. The predicted molar refractivity (Wildman–Crippen MR) is 221 cm³/mol. The number of aliphatic hydroxyl groups excluding tert-OH is 5. The molecule has 330 valence electrons. The zero-order valence-electron chi connectivity index (χ0n) is 34.6. The van der Waals surface area contributed by atoms with Crippen molar-refractivity contribution in [3.8, 4) is 0 Å². The largest absolute Gasteiger partial charge is 0.472 e. The maximum Gasteiger partial charge on any atom is 0.472 e. The summed E-state index contributed by atoms with van der Waals surface area (Å²) in [5, 5.41) is 50.0. The van der Waals surface area contributed by atoms with Gasteiger partial charge in [-0.3, -0.25) is 18.6 Å². The molecule has 1 fully saturated rings. The van der Waals surface area contributed by atoms with E-state index in [1.807, 2.05) is 36.5 Å². The molecule has 0 bridgehead atoms. The Morgan fingerprint density at radius 3 is 1.53 bits per heavy atom. The van der Waals surface area contributed by atoms with Gasteiger partial charge in [0.1, 0.15) is 43.2 Å². The first-order valence-corrected chi connectivity index (χ1v) is 23.0. The van der Waals surface area contributed by atoms with Crippen LogP contribution in [0.2, 0.25) is 0 Å². The highest BCUT2D eigenvalue weighted by atomic mass is 31.2. The SMILES string of the molecule is CC/C=C/C=C/C=C/C=C/CCCCCCCC(=O)OC[C@@H](COP(=O)(O)OC1C(O)C(O)C(O)[C@H](O)C1O)OC(=O)CCCCCCCCCCCCCCC. The van der Waals surface area contributed by atoms with Gasteiger partial charge in [0.15, 0.2) is 6.10 Å². The minimum Gasteiger partial charge on any atom is -0.462 e. The van der Waals surface area contributed by atoms with Crippen molar-refractivity contribution in [1.82, 2.24) is 0 Å². The van der Waals surface area contributed by atoms with E-state index >= 15 is 0 Å². The van der Waals surface area contributed by atoms with Crippen LogP contribution < -0.4 is 0 Å². The second-order valence-electron chi connectivity index (χ2n) is 14.9. The van der Waals surface area contributed by atoms with Crippen molar-refractivity contribution in [2.75, 3.05) is 13.2 Å². The zero-order valence-corrected chi connectivity index (χ0v) is 35.5. The number of aliphatic hydroxyl groups is 5. The molecule has 8 atom stereocenters. The maximum atomic E-state index is 12.8. The van der Waals surface area contributed by atoms with Crippen LogP contribution in [0, 0.1) is 0 Å².